The van der Waals surface area contributed by atoms with E-state index in [1.807, 2.05) is 25.1 Å². The minimum absolute atomic E-state index is 0.259. The van der Waals surface area contributed by atoms with Gasteiger partial charge in [0.1, 0.15) is 5.69 Å². The molecule has 0 fully saturated rings. The Morgan fingerprint density at radius 2 is 2.20 bits per heavy atom. The molecule has 0 aliphatic heterocycles. The first-order chi connectivity index (χ1) is 9.70. The largest absolute Gasteiger partial charge is 0.320 e. The predicted octanol–water partition coefficient (Wildman–Crippen LogP) is 1.95. The van der Waals surface area contributed by atoms with E-state index in [0.29, 0.717) is 11.4 Å². The summed E-state index contributed by atoms with van der Waals surface area (Å²) in [6.07, 6.45) is 1.58. The molecule has 0 unspecified atom stereocenters. The van der Waals surface area contributed by atoms with Crippen molar-refractivity contribution in [1.82, 2.24) is 4.98 Å². The summed E-state index contributed by atoms with van der Waals surface area (Å²) in [5.74, 6) is 5.50. The molecular formula is C16H15N3O. The molecular weight excluding hydrogens is 250 g/mol. The molecule has 2 aromatic rings. The molecule has 3 N–H and O–H groups in total. The van der Waals surface area contributed by atoms with Gasteiger partial charge in [-0.1, -0.05) is 24.0 Å². The van der Waals surface area contributed by atoms with Crippen LogP contribution < -0.4 is 11.1 Å². The SMILES string of the molecule is Cc1ccc(NC(=O)c2ccccn2)c(C#CCN)c1. The number of aryl methyl sites for hydroxylation is 1. The zero-order valence-corrected chi connectivity index (χ0v) is 11.2. The Morgan fingerprint density at radius 1 is 1.35 bits per heavy atom. The molecule has 4 heteroatoms. The van der Waals surface area contributed by atoms with Gasteiger partial charge in [-0.3, -0.25) is 9.78 Å². The maximum Gasteiger partial charge on any atom is 0.274 e. The minimum atomic E-state index is -0.259. The normalized spacial score (nSPS) is 9.50. The lowest BCUT2D eigenvalue weighted by atomic mass is 10.1. The molecule has 1 aromatic heterocycles. The van der Waals surface area contributed by atoms with Crippen molar-refractivity contribution < 1.29 is 4.79 Å². The van der Waals surface area contributed by atoms with Crippen LogP contribution >= 0.6 is 0 Å². The van der Waals surface area contributed by atoms with Crippen LogP contribution in [-0.4, -0.2) is 17.4 Å². The predicted molar refractivity (Wildman–Crippen MR) is 79.3 cm³/mol. The van der Waals surface area contributed by atoms with Crippen molar-refractivity contribution in [2.75, 3.05) is 11.9 Å². The molecule has 4 nitrogen and oxygen atoms in total. The van der Waals surface area contributed by atoms with Gasteiger partial charge >= 0.3 is 0 Å². The Labute approximate surface area is 118 Å². The summed E-state index contributed by atoms with van der Waals surface area (Å²) < 4.78 is 0. The molecule has 0 saturated heterocycles. The first-order valence-corrected chi connectivity index (χ1v) is 6.22. The summed E-state index contributed by atoms with van der Waals surface area (Å²) in [5.41, 5.74) is 8.23. The van der Waals surface area contributed by atoms with Gasteiger partial charge in [-0.05, 0) is 36.8 Å². The van der Waals surface area contributed by atoms with Crippen LogP contribution in [0.4, 0.5) is 5.69 Å². The van der Waals surface area contributed by atoms with E-state index in [4.69, 9.17) is 5.73 Å². The monoisotopic (exact) mass is 265 g/mol. The van der Waals surface area contributed by atoms with E-state index in [2.05, 4.69) is 22.1 Å². The van der Waals surface area contributed by atoms with Crippen LogP contribution in [0.25, 0.3) is 0 Å². The Hall–Kier alpha value is -2.64. The quantitative estimate of drug-likeness (QED) is 0.815. The molecule has 1 heterocycles. The van der Waals surface area contributed by atoms with Gasteiger partial charge in [0, 0.05) is 11.8 Å². The molecule has 1 amide bonds. The average Bonchev–Trinajstić information content (AvgIpc) is 2.48. The third kappa shape index (κ3) is 3.44. The van der Waals surface area contributed by atoms with Crippen LogP contribution in [0.15, 0.2) is 42.6 Å². The molecule has 20 heavy (non-hydrogen) atoms. The van der Waals surface area contributed by atoms with Crippen molar-refractivity contribution in [3.05, 3.63) is 59.4 Å². The van der Waals surface area contributed by atoms with Crippen LogP contribution in [0.1, 0.15) is 21.6 Å². The highest BCUT2D eigenvalue weighted by atomic mass is 16.1. The molecule has 0 bridgehead atoms. The number of anilines is 1. The number of carbonyl (C=O) groups excluding carboxylic acids is 1. The van der Waals surface area contributed by atoms with Crippen LogP contribution in [0, 0.1) is 18.8 Å². The number of aromatic nitrogens is 1. The van der Waals surface area contributed by atoms with E-state index in [1.165, 1.54) is 0 Å². The van der Waals surface area contributed by atoms with Crippen molar-refractivity contribution in [2.45, 2.75) is 6.92 Å². The molecule has 0 atom stereocenters. The highest BCUT2D eigenvalue weighted by Gasteiger charge is 2.09. The van der Waals surface area contributed by atoms with Crippen LogP contribution in [0.5, 0.6) is 0 Å². The fourth-order valence-corrected chi connectivity index (χ4v) is 1.70. The van der Waals surface area contributed by atoms with Crippen molar-refractivity contribution in [1.29, 1.82) is 0 Å². The Kier molecular flexibility index (Phi) is 4.48. The Morgan fingerprint density at radius 3 is 2.90 bits per heavy atom. The number of benzene rings is 1. The standard InChI is InChI=1S/C16H15N3O/c1-12-7-8-14(13(11-12)5-4-9-17)19-16(20)15-6-2-3-10-18-15/h2-3,6-8,10-11H,9,17H2,1H3,(H,19,20). The van der Waals surface area contributed by atoms with Crippen LogP contribution in [-0.2, 0) is 0 Å². The molecule has 0 aliphatic rings. The summed E-state index contributed by atoms with van der Waals surface area (Å²) in [6, 6.07) is 10.9. The van der Waals surface area contributed by atoms with Crippen molar-refractivity contribution in [3.63, 3.8) is 0 Å². The zero-order chi connectivity index (χ0) is 14.4. The molecule has 0 aliphatic carbocycles. The second-order valence-electron chi connectivity index (χ2n) is 4.22. The molecule has 2 rings (SSSR count). The van der Waals surface area contributed by atoms with E-state index < -0.39 is 0 Å². The fraction of sp³-hybridized carbons (Fsp3) is 0.125. The maximum atomic E-state index is 12.1. The van der Waals surface area contributed by atoms with E-state index in [-0.39, 0.29) is 12.5 Å². The second-order valence-corrected chi connectivity index (χ2v) is 4.22. The number of nitrogens with zero attached hydrogens (tertiary/aromatic N) is 1. The highest BCUT2D eigenvalue weighted by Crippen LogP contribution is 2.17. The van der Waals surface area contributed by atoms with Gasteiger partial charge in [-0.25, -0.2) is 0 Å². The summed E-state index contributed by atoms with van der Waals surface area (Å²) in [5, 5.41) is 2.82. The maximum absolute atomic E-state index is 12.1. The number of nitrogens with two attached hydrogens (primary N) is 1. The molecule has 0 radical (unpaired) electrons. The third-order valence-electron chi connectivity index (χ3n) is 2.65. The number of amides is 1. The summed E-state index contributed by atoms with van der Waals surface area (Å²) in [4.78, 5) is 16.1. The topological polar surface area (TPSA) is 68.0 Å². The van der Waals surface area contributed by atoms with E-state index in [9.17, 15) is 4.79 Å². The van der Waals surface area contributed by atoms with Gasteiger partial charge in [-0.2, -0.15) is 0 Å². The molecule has 0 saturated carbocycles. The van der Waals surface area contributed by atoms with Crippen LogP contribution in [0.3, 0.4) is 0 Å². The fourth-order valence-electron chi connectivity index (χ4n) is 1.70. The van der Waals surface area contributed by atoms with E-state index >= 15 is 0 Å². The Balaban J connectivity index is 2.27. The minimum Gasteiger partial charge on any atom is -0.320 e. The molecule has 0 spiro atoms. The second kappa shape index (κ2) is 6.50. The van der Waals surface area contributed by atoms with Gasteiger partial charge in [-0.15, -0.1) is 0 Å². The summed E-state index contributed by atoms with van der Waals surface area (Å²) in [7, 11) is 0. The molecule has 1 aromatic carbocycles. The number of hydrogen-bond donors (Lipinski definition) is 2. The van der Waals surface area contributed by atoms with Gasteiger partial charge < -0.3 is 11.1 Å². The lowest BCUT2D eigenvalue weighted by molar-refractivity contribution is 0.102. The first kappa shape index (κ1) is 13.8. The third-order valence-corrected chi connectivity index (χ3v) is 2.65. The number of carbonyl (C=O) groups is 1. The molecule has 100 valence electrons. The average molecular weight is 265 g/mol. The number of rotatable bonds is 2. The Bertz CT molecular complexity index is 669. The lowest BCUT2D eigenvalue weighted by Crippen LogP contribution is -2.14. The van der Waals surface area contributed by atoms with Gasteiger partial charge in [0.05, 0.1) is 12.2 Å². The van der Waals surface area contributed by atoms with E-state index in [0.717, 1.165) is 11.1 Å². The number of nitrogens with one attached hydrogen (secondary N) is 1. The van der Waals surface area contributed by atoms with Gasteiger partial charge in [0.2, 0.25) is 0 Å². The first-order valence-electron chi connectivity index (χ1n) is 6.22. The van der Waals surface area contributed by atoms with E-state index in [1.54, 1.807) is 24.4 Å². The van der Waals surface area contributed by atoms with Crippen LogP contribution in [0.2, 0.25) is 0 Å². The lowest BCUT2D eigenvalue weighted by Gasteiger charge is -2.08. The van der Waals surface area contributed by atoms with Crippen molar-refractivity contribution in [3.8, 4) is 11.8 Å². The summed E-state index contributed by atoms with van der Waals surface area (Å²) >= 11 is 0. The highest BCUT2D eigenvalue weighted by molar-refractivity contribution is 6.03. The van der Waals surface area contributed by atoms with Crippen molar-refractivity contribution in [2.24, 2.45) is 5.73 Å². The van der Waals surface area contributed by atoms with Gasteiger partial charge in [0.15, 0.2) is 0 Å². The number of hydrogen-bond acceptors (Lipinski definition) is 3. The smallest absolute Gasteiger partial charge is 0.274 e. The zero-order valence-electron chi connectivity index (χ0n) is 11.2. The van der Waals surface area contributed by atoms with Crippen molar-refractivity contribution >= 4 is 11.6 Å². The summed E-state index contributed by atoms with van der Waals surface area (Å²) in [6.45, 7) is 2.25. The number of pyridine rings is 1. The van der Waals surface area contributed by atoms with Gasteiger partial charge in [0.25, 0.3) is 5.91 Å².